The molecule has 0 bridgehead atoms. The van der Waals surface area contributed by atoms with Crippen molar-refractivity contribution in [3.8, 4) is 0 Å². The summed E-state index contributed by atoms with van der Waals surface area (Å²) in [4.78, 5) is 12.3. The first-order chi connectivity index (χ1) is 9.14. The van der Waals surface area contributed by atoms with Gasteiger partial charge in [-0.15, -0.1) is 0 Å². The molecule has 0 aliphatic heterocycles. The zero-order chi connectivity index (χ0) is 14.1. The van der Waals surface area contributed by atoms with E-state index < -0.39 is 0 Å². The number of amides is 1. The SMILES string of the molecule is CCCCOCCNC(=O)C1(CN)CCC(C)CC1. The summed E-state index contributed by atoms with van der Waals surface area (Å²) in [5, 5.41) is 2.99. The fourth-order valence-electron chi connectivity index (χ4n) is 2.61. The minimum absolute atomic E-state index is 0.126. The van der Waals surface area contributed by atoms with Crippen molar-refractivity contribution >= 4 is 5.91 Å². The Kier molecular flexibility index (Phi) is 7.39. The predicted octanol–water partition coefficient (Wildman–Crippen LogP) is 2.07. The lowest BCUT2D eigenvalue weighted by molar-refractivity contribution is -0.133. The van der Waals surface area contributed by atoms with Crippen LogP contribution in [0.15, 0.2) is 0 Å². The second kappa shape index (κ2) is 8.54. The highest BCUT2D eigenvalue weighted by Gasteiger charge is 2.39. The van der Waals surface area contributed by atoms with Crippen LogP contribution in [0.1, 0.15) is 52.4 Å². The molecule has 3 N–H and O–H groups in total. The molecule has 19 heavy (non-hydrogen) atoms. The summed E-state index contributed by atoms with van der Waals surface area (Å²) in [5.41, 5.74) is 5.54. The highest BCUT2D eigenvalue weighted by molar-refractivity contribution is 5.83. The lowest BCUT2D eigenvalue weighted by Gasteiger charge is -2.37. The van der Waals surface area contributed by atoms with Gasteiger partial charge in [0.2, 0.25) is 5.91 Å². The molecule has 4 nitrogen and oxygen atoms in total. The van der Waals surface area contributed by atoms with Crippen LogP contribution < -0.4 is 11.1 Å². The van der Waals surface area contributed by atoms with E-state index in [9.17, 15) is 4.79 Å². The monoisotopic (exact) mass is 270 g/mol. The molecule has 4 heteroatoms. The molecule has 0 spiro atoms. The molecule has 0 radical (unpaired) electrons. The highest BCUT2D eigenvalue weighted by Crippen LogP contribution is 2.38. The van der Waals surface area contributed by atoms with Crippen LogP contribution in [0.2, 0.25) is 0 Å². The predicted molar refractivity (Wildman–Crippen MR) is 77.9 cm³/mol. The number of nitrogens with one attached hydrogen (secondary N) is 1. The number of nitrogens with two attached hydrogens (primary N) is 1. The first-order valence-electron chi connectivity index (χ1n) is 7.70. The van der Waals surface area contributed by atoms with E-state index in [4.69, 9.17) is 10.5 Å². The van der Waals surface area contributed by atoms with E-state index in [1.165, 1.54) is 0 Å². The van der Waals surface area contributed by atoms with Crippen molar-refractivity contribution in [3.05, 3.63) is 0 Å². The Hall–Kier alpha value is -0.610. The number of carbonyl (C=O) groups excluding carboxylic acids is 1. The first-order valence-corrected chi connectivity index (χ1v) is 7.70. The van der Waals surface area contributed by atoms with Crippen molar-refractivity contribution in [3.63, 3.8) is 0 Å². The van der Waals surface area contributed by atoms with Crippen molar-refractivity contribution in [2.45, 2.75) is 52.4 Å². The summed E-state index contributed by atoms with van der Waals surface area (Å²) >= 11 is 0. The summed E-state index contributed by atoms with van der Waals surface area (Å²) < 4.78 is 5.45. The normalized spacial score (nSPS) is 27.2. The maximum atomic E-state index is 12.3. The van der Waals surface area contributed by atoms with Crippen LogP contribution in [0.25, 0.3) is 0 Å². The van der Waals surface area contributed by atoms with Crippen molar-refractivity contribution in [2.24, 2.45) is 17.1 Å². The molecule has 0 aromatic rings. The van der Waals surface area contributed by atoms with Gasteiger partial charge in [0, 0.05) is 19.7 Å². The third-order valence-electron chi connectivity index (χ3n) is 4.28. The second-order valence-corrected chi connectivity index (χ2v) is 5.89. The molecule has 0 saturated heterocycles. The zero-order valence-electron chi connectivity index (χ0n) is 12.5. The maximum Gasteiger partial charge on any atom is 0.227 e. The third kappa shape index (κ3) is 5.11. The van der Waals surface area contributed by atoms with Crippen LogP contribution in [0.5, 0.6) is 0 Å². The van der Waals surface area contributed by atoms with Gasteiger partial charge in [0.1, 0.15) is 0 Å². The van der Waals surface area contributed by atoms with E-state index in [0.717, 1.165) is 51.0 Å². The zero-order valence-corrected chi connectivity index (χ0v) is 12.5. The third-order valence-corrected chi connectivity index (χ3v) is 4.28. The van der Waals surface area contributed by atoms with Crippen molar-refractivity contribution in [1.29, 1.82) is 0 Å². The molecule has 1 aliphatic rings. The molecule has 1 rings (SSSR count). The molecule has 0 heterocycles. The fraction of sp³-hybridized carbons (Fsp3) is 0.933. The number of rotatable bonds is 8. The molecule has 0 aromatic carbocycles. The molecule has 1 fully saturated rings. The summed E-state index contributed by atoms with van der Waals surface area (Å²) in [5.74, 6) is 0.853. The fourth-order valence-corrected chi connectivity index (χ4v) is 2.61. The second-order valence-electron chi connectivity index (χ2n) is 5.89. The maximum absolute atomic E-state index is 12.3. The van der Waals surface area contributed by atoms with Gasteiger partial charge in [0.25, 0.3) is 0 Å². The van der Waals surface area contributed by atoms with Crippen LogP contribution in [0, 0.1) is 11.3 Å². The lowest BCUT2D eigenvalue weighted by Crippen LogP contribution is -2.48. The average molecular weight is 270 g/mol. The van der Waals surface area contributed by atoms with E-state index in [2.05, 4.69) is 19.2 Å². The van der Waals surface area contributed by atoms with Gasteiger partial charge < -0.3 is 15.8 Å². The Morgan fingerprint density at radius 3 is 2.63 bits per heavy atom. The molecule has 1 saturated carbocycles. The summed E-state index contributed by atoms with van der Waals surface area (Å²) in [6.45, 7) is 6.83. The van der Waals surface area contributed by atoms with E-state index in [0.29, 0.717) is 19.7 Å². The lowest BCUT2D eigenvalue weighted by atomic mass is 9.70. The van der Waals surface area contributed by atoms with E-state index in [-0.39, 0.29) is 11.3 Å². The van der Waals surface area contributed by atoms with Crippen LogP contribution in [-0.2, 0) is 9.53 Å². The first kappa shape index (κ1) is 16.4. The minimum atomic E-state index is -0.323. The Morgan fingerprint density at radius 2 is 2.05 bits per heavy atom. The number of carbonyl (C=O) groups is 1. The number of ether oxygens (including phenoxy) is 1. The number of hydrogen-bond donors (Lipinski definition) is 2. The van der Waals surface area contributed by atoms with Crippen molar-refractivity contribution in [1.82, 2.24) is 5.32 Å². The molecule has 0 unspecified atom stereocenters. The minimum Gasteiger partial charge on any atom is -0.380 e. The van der Waals surface area contributed by atoms with Gasteiger partial charge in [-0.05, 0) is 38.0 Å². The number of unbranched alkanes of at least 4 members (excludes halogenated alkanes) is 1. The number of hydrogen-bond acceptors (Lipinski definition) is 3. The van der Waals surface area contributed by atoms with E-state index in [1.807, 2.05) is 0 Å². The molecule has 1 amide bonds. The van der Waals surface area contributed by atoms with Crippen LogP contribution >= 0.6 is 0 Å². The molecule has 1 aliphatic carbocycles. The average Bonchev–Trinajstić information content (AvgIpc) is 2.43. The van der Waals surface area contributed by atoms with Crippen LogP contribution in [0.4, 0.5) is 0 Å². The van der Waals surface area contributed by atoms with E-state index in [1.54, 1.807) is 0 Å². The van der Waals surface area contributed by atoms with Crippen molar-refractivity contribution < 1.29 is 9.53 Å². The summed E-state index contributed by atoms with van der Waals surface area (Å²) in [6.07, 6.45) is 6.29. The van der Waals surface area contributed by atoms with Gasteiger partial charge >= 0.3 is 0 Å². The van der Waals surface area contributed by atoms with Gasteiger partial charge in [-0.1, -0.05) is 20.3 Å². The highest BCUT2D eigenvalue weighted by atomic mass is 16.5. The van der Waals surface area contributed by atoms with Crippen LogP contribution in [-0.4, -0.2) is 32.2 Å². The van der Waals surface area contributed by atoms with E-state index >= 15 is 0 Å². The van der Waals surface area contributed by atoms with Crippen molar-refractivity contribution in [2.75, 3.05) is 26.3 Å². The Balaban J connectivity index is 2.26. The molecule has 112 valence electrons. The summed E-state index contributed by atoms with van der Waals surface area (Å²) in [7, 11) is 0. The standard InChI is InChI=1S/C15H30N2O2/c1-3-4-10-19-11-9-17-14(18)15(12-16)7-5-13(2)6-8-15/h13H,3-12,16H2,1-2H3,(H,17,18). The van der Waals surface area contributed by atoms with Crippen LogP contribution in [0.3, 0.4) is 0 Å². The van der Waals surface area contributed by atoms with Gasteiger partial charge in [0.15, 0.2) is 0 Å². The van der Waals surface area contributed by atoms with Gasteiger partial charge in [-0.2, -0.15) is 0 Å². The van der Waals surface area contributed by atoms with Gasteiger partial charge in [-0.25, -0.2) is 0 Å². The molecule has 0 atom stereocenters. The molecular weight excluding hydrogens is 240 g/mol. The van der Waals surface area contributed by atoms with Gasteiger partial charge in [-0.3, -0.25) is 4.79 Å². The topological polar surface area (TPSA) is 64.3 Å². The van der Waals surface area contributed by atoms with Gasteiger partial charge in [0.05, 0.1) is 12.0 Å². The largest absolute Gasteiger partial charge is 0.380 e. The smallest absolute Gasteiger partial charge is 0.227 e. The summed E-state index contributed by atoms with van der Waals surface area (Å²) in [6, 6.07) is 0. The Bertz CT molecular complexity index is 261. The Morgan fingerprint density at radius 1 is 1.37 bits per heavy atom. The Labute approximate surface area is 117 Å². The molecular formula is C15H30N2O2. The molecule has 0 aromatic heterocycles. The quantitative estimate of drug-likeness (QED) is 0.664.